The van der Waals surface area contributed by atoms with Crippen LogP contribution in [0.15, 0.2) is 12.1 Å². The van der Waals surface area contributed by atoms with E-state index in [1.54, 1.807) is 6.07 Å². The van der Waals surface area contributed by atoms with Gasteiger partial charge in [0.1, 0.15) is 11.3 Å². The van der Waals surface area contributed by atoms with Crippen LogP contribution in [0.4, 0.5) is 0 Å². The van der Waals surface area contributed by atoms with Gasteiger partial charge in [0.05, 0.1) is 13.7 Å². The van der Waals surface area contributed by atoms with Gasteiger partial charge in [-0.3, -0.25) is 0 Å². The van der Waals surface area contributed by atoms with Gasteiger partial charge in [-0.1, -0.05) is 32.4 Å². The quantitative estimate of drug-likeness (QED) is 0.783. The van der Waals surface area contributed by atoms with Gasteiger partial charge in [0, 0.05) is 10.6 Å². The van der Waals surface area contributed by atoms with Crippen molar-refractivity contribution >= 4 is 17.6 Å². The standard InChI is InChI=1S/C14H19ClO3/c1-6-18-12-10(13(16)17-5)7-9(15)8-11(12)14(2,3)4/h7-8H,6H2,1-5H3. The molecule has 0 saturated carbocycles. The summed E-state index contributed by atoms with van der Waals surface area (Å²) in [5.74, 6) is 0.118. The summed E-state index contributed by atoms with van der Waals surface area (Å²) in [7, 11) is 1.34. The lowest BCUT2D eigenvalue weighted by Gasteiger charge is -2.24. The molecule has 0 radical (unpaired) electrons. The summed E-state index contributed by atoms with van der Waals surface area (Å²) in [4.78, 5) is 11.8. The zero-order valence-electron chi connectivity index (χ0n) is 11.5. The van der Waals surface area contributed by atoms with Gasteiger partial charge in [-0.15, -0.1) is 0 Å². The van der Waals surface area contributed by atoms with Crippen LogP contribution in [-0.2, 0) is 10.2 Å². The predicted molar refractivity (Wildman–Crippen MR) is 72.7 cm³/mol. The van der Waals surface area contributed by atoms with Crippen LogP contribution >= 0.6 is 11.6 Å². The molecular formula is C14H19ClO3. The highest BCUT2D eigenvalue weighted by Crippen LogP contribution is 2.37. The van der Waals surface area contributed by atoms with Crippen molar-refractivity contribution in [2.45, 2.75) is 33.1 Å². The van der Waals surface area contributed by atoms with Crippen molar-refractivity contribution < 1.29 is 14.3 Å². The van der Waals surface area contributed by atoms with E-state index in [4.69, 9.17) is 21.1 Å². The lowest BCUT2D eigenvalue weighted by Crippen LogP contribution is -2.16. The Kier molecular flexibility index (Phi) is 4.63. The van der Waals surface area contributed by atoms with Crippen LogP contribution in [0.25, 0.3) is 0 Å². The molecule has 3 nitrogen and oxygen atoms in total. The number of ether oxygens (including phenoxy) is 2. The van der Waals surface area contributed by atoms with Crippen molar-refractivity contribution in [2.75, 3.05) is 13.7 Å². The minimum atomic E-state index is -0.438. The first kappa shape index (κ1) is 14.8. The average Bonchev–Trinajstić information content (AvgIpc) is 2.28. The molecule has 0 aliphatic carbocycles. The van der Waals surface area contributed by atoms with Crippen LogP contribution in [0.2, 0.25) is 5.02 Å². The molecule has 0 saturated heterocycles. The summed E-state index contributed by atoms with van der Waals surface area (Å²) < 4.78 is 10.4. The van der Waals surface area contributed by atoms with Gasteiger partial charge >= 0.3 is 5.97 Å². The third-order valence-electron chi connectivity index (χ3n) is 2.56. The lowest BCUT2D eigenvalue weighted by atomic mass is 9.85. The fourth-order valence-corrected chi connectivity index (χ4v) is 1.93. The molecule has 0 heterocycles. The molecule has 0 aliphatic rings. The summed E-state index contributed by atoms with van der Waals surface area (Å²) in [6, 6.07) is 3.41. The molecule has 0 unspecified atom stereocenters. The summed E-state index contributed by atoms with van der Waals surface area (Å²) in [5, 5.41) is 0.503. The van der Waals surface area contributed by atoms with E-state index in [9.17, 15) is 4.79 Å². The summed E-state index contributed by atoms with van der Waals surface area (Å²) in [6.45, 7) is 8.49. The van der Waals surface area contributed by atoms with Crippen LogP contribution < -0.4 is 4.74 Å². The Labute approximate surface area is 113 Å². The average molecular weight is 271 g/mol. The van der Waals surface area contributed by atoms with Gasteiger partial charge in [-0.2, -0.15) is 0 Å². The third-order valence-corrected chi connectivity index (χ3v) is 2.77. The van der Waals surface area contributed by atoms with E-state index in [2.05, 4.69) is 0 Å². The molecule has 0 amide bonds. The van der Waals surface area contributed by atoms with Crippen molar-refractivity contribution in [3.63, 3.8) is 0 Å². The Morgan fingerprint density at radius 1 is 1.33 bits per heavy atom. The van der Waals surface area contributed by atoms with Gasteiger partial charge in [0.25, 0.3) is 0 Å². The number of halogens is 1. The fraction of sp³-hybridized carbons (Fsp3) is 0.500. The van der Waals surface area contributed by atoms with Crippen LogP contribution in [-0.4, -0.2) is 19.7 Å². The number of carbonyl (C=O) groups is 1. The highest BCUT2D eigenvalue weighted by Gasteiger charge is 2.25. The third kappa shape index (κ3) is 3.16. The van der Waals surface area contributed by atoms with Crippen LogP contribution in [0.5, 0.6) is 5.75 Å². The molecule has 0 spiro atoms. The van der Waals surface area contributed by atoms with E-state index in [-0.39, 0.29) is 5.41 Å². The molecule has 0 atom stereocenters. The van der Waals surface area contributed by atoms with Crippen molar-refractivity contribution in [3.05, 3.63) is 28.3 Å². The maximum atomic E-state index is 11.8. The molecule has 1 rings (SSSR count). The number of methoxy groups -OCH3 is 1. The molecule has 0 fully saturated rings. The molecule has 1 aromatic carbocycles. The lowest BCUT2D eigenvalue weighted by molar-refractivity contribution is 0.0596. The molecule has 18 heavy (non-hydrogen) atoms. The highest BCUT2D eigenvalue weighted by atomic mass is 35.5. The number of hydrogen-bond acceptors (Lipinski definition) is 3. The molecular weight excluding hydrogens is 252 g/mol. The molecule has 0 aromatic heterocycles. The number of carbonyl (C=O) groups excluding carboxylic acids is 1. The Morgan fingerprint density at radius 2 is 1.94 bits per heavy atom. The Hall–Kier alpha value is -1.22. The molecule has 1 aromatic rings. The topological polar surface area (TPSA) is 35.5 Å². The second-order valence-corrected chi connectivity index (χ2v) is 5.44. The number of esters is 1. The van der Waals surface area contributed by atoms with Gasteiger partial charge < -0.3 is 9.47 Å². The Morgan fingerprint density at radius 3 is 2.39 bits per heavy atom. The maximum absolute atomic E-state index is 11.8. The van der Waals surface area contributed by atoms with Gasteiger partial charge in [0.2, 0.25) is 0 Å². The Balaban J connectivity index is 3.50. The summed E-state index contributed by atoms with van der Waals surface area (Å²) in [6.07, 6.45) is 0. The maximum Gasteiger partial charge on any atom is 0.341 e. The van der Waals surface area contributed by atoms with E-state index in [1.165, 1.54) is 7.11 Å². The van der Waals surface area contributed by atoms with E-state index in [0.717, 1.165) is 5.56 Å². The number of benzene rings is 1. The normalized spacial score (nSPS) is 11.2. The first-order valence-electron chi connectivity index (χ1n) is 5.86. The second-order valence-electron chi connectivity index (χ2n) is 5.00. The molecule has 0 bridgehead atoms. The molecule has 0 N–H and O–H groups in total. The SMILES string of the molecule is CCOc1c(C(=O)OC)cc(Cl)cc1C(C)(C)C. The van der Waals surface area contributed by atoms with Crippen LogP contribution in [0, 0.1) is 0 Å². The second kappa shape index (κ2) is 5.61. The van der Waals surface area contributed by atoms with Crippen molar-refractivity contribution in [3.8, 4) is 5.75 Å². The smallest absolute Gasteiger partial charge is 0.341 e. The van der Waals surface area contributed by atoms with E-state index < -0.39 is 5.97 Å². The van der Waals surface area contributed by atoms with E-state index in [0.29, 0.717) is 22.9 Å². The summed E-state index contributed by atoms with van der Waals surface area (Å²) >= 11 is 6.07. The molecule has 4 heteroatoms. The van der Waals surface area contributed by atoms with Gasteiger partial charge in [0.15, 0.2) is 0 Å². The van der Waals surface area contributed by atoms with Crippen molar-refractivity contribution in [1.29, 1.82) is 0 Å². The molecule has 0 aliphatic heterocycles. The van der Waals surface area contributed by atoms with E-state index >= 15 is 0 Å². The fourth-order valence-electron chi connectivity index (χ4n) is 1.71. The van der Waals surface area contributed by atoms with Gasteiger partial charge in [-0.05, 0) is 24.5 Å². The minimum absolute atomic E-state index is 0.168. The van der Waals surface area contributed by atoms with Crippen molar-refractivity contribution in [2.24, 2.45) is 0 Å². The first-order chi connectivity index (χ1) is 8.31. The minimum Gasteiger partial charge on any atom is -0.493 e. The Bertz CT molecular complexity index is 447. The number of hydrogen-bond donors (Lipinski definition) is 0. The van der Waals surface area contributed by atoms with Crippen molar-refractivity contribution in [1.82, 2.24) is 0 Å². The summed E-state index contributed by atoms with van der Waals surface area (Å²) in [5.41, 5.74) is 1.10. The monoisotopic (exact) mass is 270 g/mol. The van der Waals surface area contributed by atoms with Crippen LogP contribution in [0.1, 0.15) is 43.6 Å². The predicted octanol–water partition coefficient (Wildman–Crippen LogP) is 3.82. The van der Waals surface area contributed by atoms with Crippen LogP contribution in [0.3, 0.4) is 0 Å². The first-order valence-corrected chi connectivity index (χ1v) is 6.24. The largest absolute Gasteiger partial charge is 0.493 e. The molecule has 100 valence electrons. The number of rotatable bonds is 3. The zero-order chi connectivity index (χ0) is 13.9. The van der Waals surface area contributed by atoms with E-state index in [1.807, 2.05) is 33.8 Å². The zero-order valence-corrected chi connectivity index (χ0v) is 12.2. The van der Waals surface area contributed by atoms with Gasteiger partial charge in [-0.25, -0.2) is 4.79 Å². The highest BCUT2D eigenvalue weighted by molar-refractivity contribution is 6.31.